The first-order chi connectivity index (χ1) is 17.0. The van der Waals surface area contributed by atoms with Gasteiger partial charge in [-0.3, -0.25) is 9.52 Å². The van der Waals surface area contributed by atoms with Crippen LogP contribution in [0.3, 0.4) is 0 Å². The Labute approximate surface area is 206 Å². The highest BCUT2D eigenvalue weighted by molar-refractivity contribution is 7.89. The third-order valence-electron chi connectivity index (χ3n) is 5.16. The topological polar surface area (TPSA) is 97.6 Å². The van der Waals surface area contributed by atoms with E-state index >= 15 is 0 Å². The third kappa shape index (κ3) is 6.23. The summed E-state index contributed by atoms with van der Waals surface area (Å²) in [6.07, 6.45) is 0.418. The molecule has 11 heteroatoms. The van der Waals surface area contributed by atoms with Gasteiger partial charge in [-0.1, -0.05) is 17.7 Å². The number of hydrogen-bond acceptors (Lipinski definition) is 5. The normalized spacial score (nSPS) is 12.7. The summed E-state index contributed by atoms with van der Waals surface area (Å²) in [5, 5.41) is 9.63. The number of nitrogens with zero attached hydrogens (tertiary/aromatic N) is 1. The van der Waals surface area contributed by atoms with E-state index in [0.29, 0.717) is 5.69 Å². The van der Waals surface area contributed by atoms with Gasteiger partial charge in [0.25, 0.3) is 10.0 Å². The minimum absolute atomic E-state index is 0.0332. The number of allylic oxidation sites excluding steroid dienone is 3. The van der Waals surface area contributed by atoms with Crippen LogP contribution in [0.1, 0.15) is 27.2 Å². The molecule has 36 heavy (non-hydrogen) atoms. The van der Waals surface area contributed by atoms with E-state index in [-0.39, 0.29) is 28.5 Å². The molecule has 3 aromatic rings. The number of rotatable bonds is 9. The Morgan fingerprint density at radius 3 is 2.44 bits per heavy atom. The lowest BCUT2D eigenvalue weighted by molar-refractivity contribution is -0.137. The maximum absolute atomic E-state index is 13.0. The van der Waals surface area contributed by atoms with Crippen molar-refractivity contribution in [1.82, 2.24) is 9.29 Å². The van der Waals surface area contributed by atoms with Crippen molar-refractivity contribution >= 4 is 21.5 Å². The van der Waals surface area contributed by atoms with Crippen LogP contribution < -0.4 is 9.46 Å². The van der Waals surface area contributed by atoms with Crippen LogP contribution in [0.4, 0.5) is 13.2 Å². The SMILES string of the molecule is COc1cc(C(F)(F)F)ccc1C(=O)/C=C(/C=C\NS(=O)(=O)c1ccc(C)cc1)n1cccc1CO. The fraction of sp³-hybridized carbons (Fsp3) is 0.160. The molecule has 0 spiro atoms. The Hall–Kier alpha value is -3.83. The van der Waals surface area contributed by atoms with Gasteiger partial charge in [0, 0.05) is 24.2 Å². The predicted octanol–water partition coefficient (Wildman–Crippen LogP) is 4.53. The van der Waals surface area contributed by atoms with Gasteiger partial charge in [0.05, 0.1) is 35.4 Å². The van der Waals surface area contributed by atoms with E-state index < -0.39 is 27.5 Å². The van der Waals surface area contributed by atoms with E-state index in [9.17, 15) is 31.5 Å². The molecule has 0 unspecified atom stereocenters. The highest BCUT2D eigenvalue weighted by Gasteiger charge is 2.31. The van der Waals surface area contributed by atoms with Crippen molar-refractivity contribution in [2.24, 2.45) is 0 Å². The smallest absolute Gasteiger partial charge is 0.416 e. The number of ketones is 1. The van der Waals surface area contributed by atoms with Crippen molar-refractivity contribution in [3.63, 3.8) is 0 Å². The molecule has 0 fully saturated rings. The molecule has 0 aliphatic carbocycles. The largest absolute Gasteiger partial charge is 0.496 e. The number of carbonyl (C=O) groups excluding carboxylic acids is 1. The molecule has 0 saturated carbocycles. The number of carbonyl (C=O) groups is 1. The van der Waals surface area contributed by atoms with Crippen molar-refractivity contribution in [1.29, 1.82) is 0 Å². The minimum Gasteiger partial charge on any atom is -0.496 e. The van der Waals surface area contributed by atoms with Gasteiger partial charge in [-0.25, -0.2) is 8.42 Å². The molecule has 0 atom stereocenters. The molecule has 0 saturated heterocycles. The number of alkyl halides is 3. The monoisotopic (exact) mass is 520 g/mol. The van der Waals surface area contributed by atoms with E-state index in [0.717, 1.165) is 43.1 Å². The molecule has 0 aliphatic rings. The number of hydrogen-bond donors (Lipinski definition) is 2. The lowest BCUT2D eigenvalue weighted by Gasteiger charge is -2.12. The number of aryl methyl sites for hydroxylation is 1. The number of nitrogens with one attached hydrogen (secondary N) is 1. The zero-order chi connectivity index (χ0) is 26.5. The van der Waals surface area contributed by atoms with Gasteiger partial charge in [0.15, 0.2) is 5.78 Å². The molecular formula is C25H23F3N2O5S. The first kappa shape index (κ1) is 26.8. The Bertz CT molecular complexity index is 1410. The van der Waals surface area contributed by atoms with Crippen molar-refractivity contribution in [2.75, 3.05) is 7.11 Å². The van der Waals surface area contributed by atoms with Crippen molar-refractivity contribution in [3.8, 4) is 5.75 Å². The first-order valence-corrected chi connectivity index (χ1v) is 12.0. The average Bonchev–Trinajstić information content (AvgIpc) is 3.31. The predicted molar refractivity (Wildman–Crippen MR) is 128 cm³/mol. The Morgan fingerprint density at radius 1 is 1.14 bits per heavy atom. The van der Waals surface area contributed by atoms with Gasteiger partial charge in [-0.05, 0) is 55.5 Å². The first-order valence-electron chi connectivity index (χ1n) is 10.5. The maximum Gasteiger partial charge on any atom is 0.416 e. The van der Waals surface area contributed by atoms with E-state index in [1.807, 2.05) is 6.92 Å². The van der Waals surface area contributed by atoms with Gasteiger partial charge in [0.1, 0.15) is 5.75 Å². The number of methoxy groups -OCH3 is 1. The summed E-state index contributed by atoms with van der Waals surface area (Å²) < 4.78 is 73.0. The lowest BCUT2D eigenvalue weighted by atomic mass is 10.0. The molecule has 0 radical (unpaired) electrons. The number of aliphatic hydroxyl groups excluding tert-OH is 1. The van der Waals surface area contributed by atoms with Crippen LogP contribution >= 0.6 is 0 Å². The summed E-state index contributed by atoms with van der Waals surface area (Å²) in [5.74, 6) is -0.969. The highest BCUT2D eigenvalue weighted by Crippen LogP contribution is 2.33. The van der Waals surface area contributed by atoms with E-state index in [4.69, 9.17) is 4.74 Å². The molecule has 0 aliphatic heterocycles. The molecule has 0 amide bonds. The maximum atomic E-state index is 13.0. The molecule has 1 heterocycles. The van der Waals surface area contributed by atoms with Gasteiger partial charge in [-0.2, -0.15) is 13.2 Å². The fourth-order valence-electron chi connectivity index (χ4n) is 3.27. The molecule has 3 rings (SSSR count). The zero-order valence-electron chi connectivity index (χ0n) is 19.3. The molecule has 0 bridgehead atoms. The lowest BCUT2D eigenvalue weighted by Crippen LogP contribution is -2.18. The van der Waals surface area contributed by atoms with Crippen molar-refractivity contribution in [2.45, 2.75) is 24.6 Å². The van der Waals surface area contributed by atoms with Gasteiger partial charge in [0.2, 0.25) is 0 Å². The van der Waals surface area contributed by atoms with Gasteiger partial charge >= 0.3 is 6.18 Å². The second-order valence-corrected chi connectivity index (χ2v) is 9.36. The molecule has 2 aromatic carbocycles. The standard InChI is InChI=1S/C25H23F3N2O5S/c1-17-5-8-21(9-6-17)36(33,34)29-12-11-19(30-13-3-4-20(30)16-31)15-23(32)22-10-7-18(25(26,27)28)14-24(22)35-2/h3-15,29,31H,16H2,1-2H3/b12-11-,19-15-. The van der Waals surface area contributed by atoms with Crippen LogP contribution in [-0.2, 0) is 22.8 Å². The Morgan fingerprint density at radius 2 is 1.83 bits per heavy atom. The van der Waals surface area contributed by atoms with Crippen LogP contribution in [0, 0.1) is 6.92 Å². The number of ether oxygens (including phenoxy) is 1. The number of sulfonamides is 1. The van der Waals surface area contributed by atoms with E-state index in [1.54, 1.807) is 24.3 Å². The van der Waals surface area contributed by atoms with Gasteiger partial charge in [-0.15, -0.1) is 0 Å². The molecule has 190 valence electrons. The van der Waals surface area contributed by atoms with Crippen LogP contribution in [0.5, 0.6) is 5.75 Å². The fourth-order valence-corrected chi connectivity index (χ4v) is 4.15. The summed E-state index contributed by atoms with van der Waals surface area (Å²) in [7, 11) is -2.76. The van der Waals surface area contributed by atoms with Crippen molar-refractivity contribution < 1.29 is 36.2 Å². The molecular weight excluding hydrogens is 497 g/mol. The number of aromatic nitrogens is 1. The Kier molecular flexibility index (Phi) is 8.06. The summed E-state index contributed by atoms with van der Waals surface area (Å²) in [4.78, 5) is 13.1. The van der Waals surface area contributed by atoms with Crippen LogP contribution in [0.2, 0.25) is 0 Å². The van der Waals surface area contributed by atoms with Crippen LogP contribution in [0.25, 0.3) is 5.70 Å². The summed E-state index contributed by atoms with van der Waals surface area (Å²) in [6.45, 7) is 1.43. The zero-order valence-corrected chi connectivity index (χ0v) is 20.1. The van der Waals surface area contributed by atoms with Crippen LogP contribution in [-0.4, -0.2) is 31.0 Å². The van der Waals surface area contributed by atoms with E-state index in [1.165, 1.54) is 29.0 Å². The highest BCUT2D eigenvalue weighted by atomic mass is 32.2. The summed E-state index contributed by atoms with van der Waals surface area (Å²) >= 11 is 0. The Balaban J connectivity index is 1.98. The number of halogens is 3. The number of aliphatic hydroxyl groups is 1. The van der Waals surface area contributed by atoms with Crippen LogP contribution in [0.15, 0.2) is 84.0 Å². The molecule has 7 nitrogen and oxygen atoms in total. The number of benzene rings is 2. The van der Waals surface area contributed by atoms with E-state index in [2.05, 4.69) is 4.72 Å². The molecule has 1 aromatic heterocycles. The summed E-state index contributed by atoms with van der Waals surface area (Å²) in [6, 6.07) is 11.9. The van der Waals surface area contributed by atoms with Gasteiger partial charge < -0.3 is 14.4 Å². The molecule has 2 N–H and O–H groups in total. The minimum atomic E-state index is -4.62. The second kappa shape index (κ2) is 10.8. The second-order valence-electron chi connectivity index (χ2n) is 7.64. The average molecular weight is 521 g/mol. The third-order valence-corrected chi connectivity index (χ3v) is 6.49. The van der Waals surface area contributed by atoms with Crippen molar-refractivity contribution in [3.05, 3.63) is 102 Å². The quantitative estimate of drug-likeness (QED) is 0.245. The summed E-state index contributed by atoms with van der Waals surface area (Å²) in [5.41, 5.74) is 0.311.